The first kappa shape index (κ1) is 13.4. The van der Waals surface area contributed by atoms with Crippen molar-refractivity contribution < 1.29 is 9.84 Å². The van der Waals surface area contributed by atoms with Crippen molar-refractivity contribution in [3.05, 3.63) is 71.8 Å². The molecule has 1 N–H and O–H groups in total. The lowest BCUT2D eigenvalue weighted by Crippen LogP contribution is -1.94. The minimum Gasteiger partial charge on any atom is -0.457 e. The van der Waals surface area contributed by atoms with Crippen LogP contribution in [0.5, 0.6) is 11.5 Å². The number of allylic oxidation sites excluding steroid dienone is 1. The largest absolute Gasteiger partial charge is 0.457 e. The molecule has 0 amide bonds. The predicted octanol–water partition coefficient (Wildman–Crippen LogP) is 4.48. The van der Waals surface area contributed by atoms with E-state index in [0.29, 0.717) is 0 Å². The van der Waals surface area contributed by atoms with Crippen LogP contribution in [0, 0.1) is 0 Å². The number of aliphatic hydroxyl groups is 1. The van der Waals surface area contributed by atoms with Crippen LogP contribution in [0.15, 0.2) is 66.2 Å². The molecule has 0 saturated carbocycles. The molecular formula is C17H18O2. The third-order valence-corrected chi connectivity index (χ3v) is 2.67. The highest BCUT2D eigenvalue weighted by atomic mass is 16.5. The SMILES string of the molecule is CC(C)=CC(O)c1cccc(Oc2ccccc2)c1. The summed E-state index contributed by atoms with van der Waals surface area (Å²) in [6.07, 6.45) is 1.23. The van der Waals surface area contributed by atoms with E-state index in [1.807, 2.05) is 74.5 Å². The summed E-state index contributed by atoms with van der Waals surface area (Å²) in [5.41, 5.74) is 1.91. The summed E-state index contributed by atoms with van der Waals surface area (Å²) in [6.45, 7) is 3.93. The van der Waals surface area contributed by atoms with Gasteiger partial charge in [0, 0.05) is 0 Å². The molecule has 0 bridgehead atoms. The maximum atomic E-state index is 10.0. The predicted molar refractivity (Wildman–Crippen MR) is 77.3 cm³/mol. The highest BCUT2D eigenvalue weighted by Gasteiger charge is 2.05. The van der Waals surface area contributed by atoms with E-state index in [1.165, 1.54) is 0 Å². The Morgan fingerprint density at radius 2 is 1.68 bits per heavy atom. The summed E-state index contributed by atoms with van der Waals surface area (Å²) in [4.78, 5) is 0. The molecule has 0 aliphatic heterocycles. The zero-order chi connectivity index (χ0) is 13.7. The van der Waals surface area contributed by atoms with Gasteiger partial charge in [0.05, 0.1) is 6.10 Å². The summed E-state index contributed by atoms with van der Waals surface area (Å²) in [5, 5.41) is 10.0. The van der Waals surface area contributed by atoms with Crippen molar-refractivity contribution >= 4 is 0 Å². The number of hydrogen-bond donors (Lipinski definition) is 1. The van der Waals surface area contributed by atoms with Gasteiger partial charge in [-0.05, 0) is 43.7 Å². The van der Waals surface area contributed by atoms with Crippen molar-refractivity contribution in [2.24, 2.45) is 0 Å². The molecule has 0 aliphatic rings. The second-order valence-corrected chi connectivity index (χ2v) is 4.68. The average molecular weight is 254 g/mol. The number of rotatable bonds is 4. The Morgan fingerprint density at radius 1 is 1.00 bits per heavy atom. The molecule has 0 aliphatic carbocycles. The molecule has 2 heteroatoms. The third-order valence-electron chi connectivity index (χ3n) is 2.67. The van der Waals surface area contributed by atoms with E-state index in [1.54, 1.807) is 0 Å². The van der Waals surface area contributed by atoms with Crippen LogP contribution in [0.4, 0.5) is 0 Å². The second kappa shape index (κ2) is 6.21. The minimum atomic E-state index is -0.593. The molecule has 0 aromatic heterocycles. The average Bonchev–Trinajstić information content (AvgIpc) is 2.39. The summed E-state index contributed by atoms with van der Waals surface area (Å²) in [5.74, 6) is 1.52. The molecule has 1 unspecified atom stereocenters. The number of para-hydroxylation sites is 1. The number of aliphatic hydroxyl groups excluding tert-OH is 1. The van der Waals surface area contributed by atoms with Gasteiger partial charge in [0.1, 0.15) is 11.5 Å². The van der Waals surface area contributed by atoms with E-state index < -0.39 is 6.10 Å². The molecule has 2 rings (SSSR count). The first-order valence-electron chi connectivity index (χ1n) is 6.31. The molecule has 98 valence electrons. The van der Waals surface area contributed by atoms with E-state index in [0.717, 1.165) is 22.6 Å². The van der Waals surface area contributed by atoms with Gasteiger partial charge in [0.2, 0.25) is 0 Å². The smallest absolute Gasteiger partial charge is 0.127 e. The topological polar surface area (TPSA) is 29.5 Å². The molecule has 2 aromatic rings. The fourth-order valence-corrected chi connectivity index (χ4v) is 1.80. The molecule has 0 saturated heterocycles. The first-order valence-corrected chi connectivity index (χ1v) is 6.31. The Kier molecular flexibility index (Phi) is 4.37. The van der Waals surface area contributed by atoms with E-state index in [4.69, 9.17) is 4.74 Å². The molecule has 1 atom stereocenters. The van der Waals surface area contributed by atoms with Crippen LogP contribution in [-0.2, 0) is 0 Å². The summed E-state index contributed by atoms with van der Waals surface area (Å²) < 4.78 is 5.74. The van der Waals surface area contributed by atoms with Crippen molar-refractivity contribution in [2.45, 2.75) is 20.0 Å². The van der Waals surface area contributed by atoms with Gasteiger partial charge < -0.3 is 9.84 Å². The third kappa shape index (κ3) is 3.97. The van der Waals surface area contributed by atoms with Crippen LogP contribution < -0.4 is 4.74 Å². The lowest BCUT2D eigenvalue weighted by Gasteiger charge is -2.10. The van der Waals surface area contributed by atoms with Crippen molar-refractivity contribution in [3.63, 3.8) is 0 Å². The molecule has 2 aromatic carbocycles. The summed E-state index contributed by atoms with van der Waals surface area (Å²) in [7, 11) is 0. The Balaban J connectivity index is 2.18. The molecule has 0 fully saturated rings. The number of ether oxygens (including phenoxy) is 1. The van der Waals surface area contributed by atoms with Crippen molar-refractivity contribution in [2.75, 3.05) is 0 Å². The zero-order valence-electron chi connectivity index (χ0n) is 11.2. The Labute approximate surface area is 114 Å². The Hall–Kier alpha value is -2.06. The maximum Gasteiger partial charge on any atom is 0.127 e. The van der Waals surface area contributed by atoms with Crippen LogP contribution >= 0.6 is 0 Å². The second-order valence-electron chi connectivity index (χ2n) is 4.68. The maximum absolute atomic E-state index is 10.0. The van der Waals surface area contributed by atoms with Crippen LogP contribution in [-0.4, -0.2) is 5.11 Å². The van der Waals surface area contributed by atoms with Crippen molar-refractivity contribution in [1.29, 1.82) is 0 Å². The molecule has 19 heavy (non-hydrogen) atoms. The molecular weight excluding hydrogens is 236 g/mol. The highest BCUT2D eigenvalue weighted by molar-refractivity contribution is 5.35. The Bertz CT molecular complexity index is 554. The van der Waals surface area contributed by atoms with E-state index in [9.17, 15) is 5.11 Å². The quantitative estimate of drug-likeness (QED) is 0.815. The van der Waals surface area contributed by atoms with Gasteiger partial charge in [-0.2, -0.15) is 0 Å². The summed E-state index contributed by atoms with van der Waals surface area (Å²) in [6, 6.07) is 17.1. The standard InChI is InChI=1S/C17H18O2/c1-13(2)11-17(18)14-7-6-10-16(12-14)19-15-8-4-3-5-9-15/h3-12,17-18H,1-2H3. The van der Waals surface area contributed by atoms with Gasteiger partial charge in [-0.3, -0.25) is 0 Å². The van der Waals surface area contributed by atoms with Crippen LogP contribution in [0.25, 0.3) is 0 Å². The molecule has 2 nitrogen and oxygen atoms in total. The number of benzene rings is 2. The van der Waals surface area contributed by atoms with Gasteiger partial charge >= 0.3 is 0 Å². The van der Waals surface area contributed by atoms with Gasteiger partial charge in [-0.1, -0.05) is 42.0 Å². The summed E-state index contributed by atoms with van der Waals surface area (Å²) >= 11 is 0. The minimum absolute atomic E-state index is 0.593. The van der Waals surface area contributed by atoms with E-state index in [2.05, 4.69) is 0 Å². The van der Waals surface area contributed by atoms with Gasteiger partial charge in [-0.15, -0.1) is 0 Å². The molecule has 0 heterocycles. The Morgan fingerprint density at radius 3 is 2.37 bits per heavy atom. The molecule has 0 spiro atoms. The zero-order valence-corrected chi connectivity index (χ0v) is 11.2. The van der Waals surface area contributed by atoms with E-state index >= 15 is 0 Å². The van der Waals surface area contributed by atoms with Crippen LogP contribution in [0.1, 0.15) is 25.5 Å². The fraction of sp³-hybridized carbons (Fsp3) is 0.176. The van der Waals surface area contributed by atoms with Crippen LogP contribution in [0.3, 0.4) is 0 Å². The van der Waals surface area contributed by atoms with Crippen LogP contribution in [0.2, 0.25) is 0 Å². The monoisotopic (exact) mass is 254 g/mol. The van der Waals surface area contributed by atoms with E-state index in [-0.39, 0.29) is 0 Å². The van der Waals surface area contributed by atoms with Crippen molar-refractivity contribution in [1.82, 2.24) is 0 Å². The van der Waals surface area contributed by atoms with Gasteiger partial charge in [-0.25, -0.2) is 0 Å². The normalized spacial score (nSPS) is 11.7. The van der Waals surface area contributed by atoms with Gasteiger partial charge in [0.25, 0.3) is 0 Å². The highest BCUT2D eigenvalue weighted by Crippen LogP contribution is 2.25. The van der Waals surface area contributed by atoms with Gasteiger partial charge in [0.15, 0.2) is 0 Å². The lowest BCUT2D eigenvalue weighted by molar-refractivity contribution is 0.227. The molecule has 0 radical (unpaired) electrons. The van der Waals surface area contributed by atoms with Crippen molar-refractivity contribution in [3.8, 4) is 11.5 Å². The first-order chi connectivity index (χ1) is 9.15. The number of hydrogen-bond acceptors (Lipinski definition) is 2. The fourth-order valence-electron chi connectivity index (χ4n) is 1.80. The lowest BCUT2D eigenvalue weighted by atomic mass is 10.1.